The minimum absolute atomic E-state index is 0.111. The predicted molar refractivity (Wildman–Crippen MR) is 58.0 cm³/mol. The molecule has 0 aliphatic carbocycles. The second-order valence-corrected chi connectivity index (χ2v) is 4.85. The van der Waals surface area contributed by atoms with Gasteiger partial charge in [0.15, 0.2) is 0 Å². The summed E-state index contributed by atoms with van der Waals surface area (Å²) in [6.45, 7) is 9.72. The van der Waals surface area contributed by atoms with Crippen LogP contribution < -0.4 is 0 Å². The highest BCUT2D eigenvalue weighted by molar-refractivity contribution is 5.74. The molecule has 0 saturated heterocycles. The topological polar surface area (TPSA) is 55.1 Å². The summed E-state index contributed by atoms with van der Waals surface area (Å²) in [5.74, 6) is -1.39. The minimum atomic E-state index is -0.839. The van der Waals surface area contributed by atoms with E-state index in [1.807, 2.05) is 38.4 Å². The van der Waals surface area contributed by atoms with Gasteiger partial charge in [-0.15, -0.1) is 0 Å². The van der Waals surface area contributed by atoms with Gasteiger partial charge in [-0.2, -0.15) is 5.10 Å². The first-order valence-electron chi connectivity index (χ1n) is 5.03. The Morgan fingerprint density at radius 3 is 2.40 bits per heavy atom. The molecule has 1 rings (SSSR count). The summed E-state index contributed by atoms with van der Waals surface area (Å²) in [6.07, 6.45) is 0. The van der Waals surface area contributed by atoms with Crippen molar-refractivity contribution in [1.82, 2.24) is 9.78 Å². The van der Waals surface area contributed by atoms with Crippen molar-refractivity contribution in [3.63, 3.8) is 0 Å². The van der Waals surface area contributed by atoms with E-state index < -0.39 is 11.9 Å². The Labute approximate surface area is 89.9 Å². The molecule has 1 N–H and O–H groups in total. The molecule has 0 amide bonds. The summed E-state index contributed by atoms with van der Waals surface area (Å²) in [7, 11) is 0. The molecule has 1 aromatic rings. The highest BCUT2D eigenvalue weighted by Crippen LogP contribution is 2.21. The van der Waals surface area contributed by atoms with Gasteiger partial charge in [-0.3, -0.25) is 9.48 Å². The standard InChI is InChI=1S/C11H18N2O2/c1-7-6-9(8(2)10(14)15)12-13(7)11(3,4)5/h6,8H,1-5H3,(H,14,15). The van der Waals surface area contributed by atoms with Crippen LogP contribution in [0, 0.1) is 6.92 Å². The van der Waals surface area contributed by atoms with E-state index >= 15 is 0 Å². The lowest BCUT2D eigenvalue weighted by Crippen LogP contribution is -2.24. The lowest BCUT2D eigenvalue weighted by atomic mass is 10.1. The van der Waals surface area contributed by atoms with Gasteiger partial charge < -0.3 is 5.11 Å². The number of aliphatic carboxylic acids is 1. The first kappa shape index (κ1) is 11.8. The maximum Gasteiger partial charge on any atom is 0.312 e. The van der Waals surface area contributed by atoms with Crippen LogP contribution in [0.25, 0.3) is 0 Å². The fraction of sp³-hybridized carbons (Fsp3) is 0.636. The van der Waals surface area contributed by atoms with Crippen LogP contribution in [0.5, 0.6) is 0 Å². The fourth-order valence-electron chi connectivity index (χ4n) is 1.52. The van der Waals surface area contributed by atoms with Gasteiger partial charge in [0.1, 0.15) is 0 Å². The molecular formula is C11H18N2O2. The number of rotatable bonds is 2. The number of carboxylic acids is 1. The Kier molecular flexibility index (Phi) is 2.88. The molecule has 1 unspecified atom stereocenters. The SMILES string of the molecule is Cc1cc(C(C)C(=O)O)nn1C(C)(C)C. The largest absolute Gasteiger partial charge is 0.481 e. The van der Waals surface area contributed by atoms with E-state index in [-0.39, 0.29) is 5.54 Å². The van der Waals surface area contributed by atoms with E-state index in [2.05, 4.69) is 5.10 Å². The van der Waals surface area contributed by atoms with Crippen molar-refractivity contribution in [3.05, 3.63) is 17.5 Å². The highest BCUT2D eigenvalue weighted by Gasteiger charge is 2.22. The maximum atomic E-state index is 10.8. The van der Waals surface area contributed by atoms with Crippen LogP contribution in [0.1, 0.15) is 45.0 Å². The van der Waals surface area contributed by atoms with E-state index in [0.717, 1.165) is 5.69 Å². The van der Waals surface area contributed by atoms with E-state index in [0.29, 0.717) is 5.69 Å². The molecule has 1 heterocycles. The van der Waals surface area contributed by atoms with Crippen LogP contribution in [-0.2, 0) is 10.3 Å². The van der Waals surface area contributed by atoms with Gasteiger partial charge in [0.25, 0.3) is 0 Å². The zero-order chi connectivity index (χ0) is 11.8. The molecule has 1 aromatic heterocycles. The summed E-state index contributed by atoms with van der Waals surface area (Å²) >= 11 is 0. The molecule has 0 bridgehead atoms. The molecule has 0 fully saturated rings. The van der Waals surface area contributed by atoms with Crippen molar-refractivity contribution in [2.45, 2.75) is 46.1 Å². The molecule has 84 valence electrons. The third kappa shape index (κ3) is 2.37. The van der Waals surface area contributed by atoms with Crippen LogP contribution in [0.3, 0.4) is 0 Å². The quantitative estimate of drug-likeness (QED) is 0.813. The van der Waals surface area contributed by atoms with Gasteiger partial charge >= 0.3 is 5.97 Å². The van der Waals surface area contributed by atoms with Crippen molar-refractivity contribution >= 4 is 5.97 Å². The molecule has 0 aliphatic rings. The Morgan fingerprint density at radius 1 is 1.53 bits per heavy atom. The molecule has 1 atom stereocenters. The third-order valence-electron chi connectivity index (χ3n) is 2.36. The Balaban J connectivity index is 3.11. The van der Waals surface area contributed by atoms with Crippen molar-refractivity contribution in [3.8, 4) is 0 Å². The zero-order valence-corrected chi connectivity index (χ0v) is 9.90. The van der Waals surface area contributed by atoms with Crippen molar-refractivity contribution < 1.29 is 9.90 Å². The molecule has 4 nitrogen and oxygen atoms in total. The Bertz CT molecular complexity index is 374. The molecule has 0 aromatic carbocycles. The van der Waals surface area contributed by atoms with Crippen LogP contribution in [0.15, 0.2) is 6.07 Å². The van der Waals surface area contributed by atoms with Crippen LogP contribution >= 0.6 is 0 Å². The minimum Gasteiger partial charge on any atom is -0.481 e. The molecule has 0 saturated carbocycles. The number of aryl methyl sites for hydroxylation is 1. The second kappa shape index (κ2) is 3.68. The van der Waals surface area contributed by atoms with Gasteiger partial charge in [0.2, 0.25) is 0 Å². The number of carbonyl (C=O) groups is 1. The first-order valence-corrected chi connectivity index (χ1v) is 5.03. The third-order valence-corrected chi connectivity index (χ3v) is 2.36. The van der Waals surface area contributed by atoms with E-state index in [1.54, 1.807) is 6.92 Å². The molecule has 0 aliphatic heterocycles. The van der Waals surface area contributed by atoms with Crippen molar-refractivity contribution in [1.29, 1.82) is 0 Å². The summed E-state index contributed by atoms with van der Waals surface area (Å²) in [5, 5.41) is 13.2. The molecule has 0 spiro atoms. The Hall–Kier alpha value is -1.32. The maximum absolute atomic E-state index is 10.8. The predicted octanol–water partition coefficient (Wildman–Crippen LogP) is 2.13. The fourth-order valence-corrected chi connectivity index (χ4v) is 1.52. The second-order valence-electron chi connectivity index (χ2n) is 4.85. The zero-order valence-electron chi connectivity index (χ0n) is 9.90. The van der Waals surface area contributed by atoms with Gasteiger partial charge in [-0.05, 0) is 40.7 Å². The Morgan fingerprint density at radius 2 is 2.07 bits per heavy atom. The summed E-state index contributed by atoms with van der Waals surface area (Å²) < 4.78 is 1.86. The normalized spacial score (nSPS) is 13.9. The molecule has 4 heteroatoms. The average molecular weight is 210 g/mol. The van der Waals surface area contributed by atoms with Crippen LogP contribution in [-0.4, -0.2) is 20.9 Å². The number of hydrogen-bond acceptors (Lipinski definition) is 2. The average Bonchev–Trinajstić information content (AvgIpc) is 2.44. The summed E-state index contributed by atoms with van der Waals surface area (Å²) in [5.41, 5.74) is 1.50. The number of hydrogen-bond donors (Lipinski definition) is 1. The highest BCUT2D eigenvalue weighted by atomic mass is 16.4. The first-order chi connectivity index (χ1) is 6.73. The van der Waals surface area contributed by atoms with Gasteiger partial charge in [0, 0.05) is 5.69 Å². The van der Waals surface area contributed by atoms with Gasteiger partial charge in [-0.25, -0.2) is 0 Å². The van der Waals surface area contributed by atoms with E-state index in [4.69, 9.17) is 5.11 Å². The van der Waals surface area contributed by atoms with Crippen molar-refractivity contribution in [2.75, 3.05) is 0 Å². The molecule has 15 heavy (non-hydrogen) atoms. The van der Waals surface area contributed by atoms with Crippen molar-refractivity contribution in [2.24, 2.45) is 0 Å². The molecule has 0 radical (unpaired) electrons. The van der Waals surface area contributed by atoms with Crippen LogP contribution in [0.4, 0.5) is 0 Å². The van der Waals surface area contributed by atoms with E-state index in [9.17, 15) is 4.79 Å². The smallest absolute Gasteiger partial charge is 0.312 e. The molecular weight excluding hydrogens is 192 g/mol. The van der Waals surface area contributed by atoms with Crippen LogP contribution in [0.2, 0.25) is 0 Å². The lowest BCUT2D eigenvalue weighted by Gasteiger charge is -2.21. The monoisotopic (exact) mass is 210 g/mol. The van der Waals surface area contributed by atoms with Gasteiger partial charge in [-0.1, -0.05) is 0 Å². The number of carboxylic acid groups (broad SMARTS) is 1. The van der Waals surface area contributed by atoms with Gasteiger partial charge in [0.05, 0.1) is 17.2 Å². The number of nitrogens with zero attached hydrogens (tertiary/aromatic N) is 2. The lowest BCUT2D eigenvalue weighted by molar-refractivity contribution is -0.138. The summed E-state index contributed by atoms with van der Waals surface area (Å²) in [4.78, 5) is 10.8. The summed E-state index contributed by atoms with van der Waals surface area (Å²) in [6, 6.07) is 1.84. The van der Waals surface area contributed by atoms with E-state index in [1.165, 1.54) is 0 Å². The number of aromatic nitrogens is 2.